The third-order valence-corrected chi connectivity index (χ3v) is 4.98. The minimum absolute atomic E-state index is 0.0441. The number of nitrogens with one attached hydrogen (secondary N) is 1. The minimum atomic E-state index is -0.400. The predicted molar refractivity (Wildman–Crippen MR) is 98.3 cm³/mol. The first-order valence-electron chi connectivity index (χ1n) is 6.71. The third-order valence-electron chi connectivity index (χ3n) is 3.67. The normalized spacial score (nSPS) is 28.7. The molecule has 2 aliphatic heterocycles. The van der Waals surface area contributed by atoms with Crippen molar-refractivity contribution in [1.82, 2.24) is 10.2 Å². The van der Waals surface area contributed by atoms with E-state index < -0.39 is 6.04 Å². The van der Waals surface area contributed by atoms with Gasteiger partial charge in [-0.2, -0.15) is 0 Å². The molecule has 2 fully saturated rings. The number of ether oxygens (including phenoxy) is 1. The Labute approximate surface area is 159 Å². The quantitative estimate of drug-likeness (QED) is 0.404. The van der Waals surface area contributed by atoms with Crippen LogP contribution in [0.3, 0.4) is 0 Å². The summed E-state index contributed by atoms with van der Waals surface area (Å²) in [6.45, 7) is 0. The van der Waals surface area contributed by atoms with E-state index in [0.717, 1.165) is 25.0 Å². The second kappa shape index (κ2) is 11.0. The predicted octanol–water partition coefficient (Wildman–Crippen LogP) is 2.36. The number of piperidine rings is 1. The van der Waals surface area contributed by atoms with Gasteiger partial charge in [-0.05, 0) is 38.5 Å². The number of methoxy groups -OCH3 is 1. The van der Waals surface area contributed by atoms with Gasteiger partial charge in [0.2, 0.25) is 5.91 Å². The van der Waals surface area contributed by atoms with E-state index in [2.05, 4.69) is 45.3 Å². The number of hydrogen-bond donors (Lipinski definition) is 1. The molecule has 3 atom stereocenters. The Morgan fingerprint density at radius 1 is 1.43 bits per heavy atom. The zero-order valence-electron chi connectivity index (χ0n) is 12.1. The molecular weight excluding hydrogens is 557 g/mol. The number of thioether (sulfide) groups is 1. The van der Waals surface area contributed by atoms with Gasteiger partial charge >= 0.3 is 55.4 Å². The summed E-state index contributed by atoms with van der Waals surface area (Å²) in [6.07, 6.45) is 3.48. The molecule has 0 radical (unpaired) electrons. The van der Waals surface area contributed by atoms with Crippen LogP contribution in [0.2, 0.25) is 0 Å². The van der Waals surface area contributed by atoms with Crippen molar-refractivity contribution >= 4 is 63.6 Å². The van der Waals surface area contributed by atoms with Crippen molar-refractivity contribution < 1.29 is 23.8 Å². The molecule has 21 heavy (non-hydrogen) atoms. The number of esters is 1. The SMILES string of the molecule is CN[C@H]1CCS[C@H]2CCCC(C(=O)OC)N2C1=O.[I][V][I]. The molecule has 5 nitrogen and oxygen atoms in total. The number of carbonyl (C=O) groups is 2. The van der Waals surface area contributed by atoms with Gasteiger partial charge in [0.1, 0.15) is 6.04 Å². The zero-order chi connectivity index (χ0) is 15.8. The molecule has 0 spiro atoms. The molecule has 0 aromatic carbocycles. The fraction of sp³-hybridized carbons (Fsp3) is 0.833. The molecule has 0 aromatic heterocycles. The van der Waals surface area contributed by atoms with E-state index in [9.17, 15) is 9.59 Å². The van der Waals surface area contributed by atoms with Crippen molar-refractivity contribution in [3.63, 3.8) is 0 Å². The van der Waals surface area contributed by atoms with E-state index in [1.165, 1.54) is 7.11 Å². The van der Waals surface area contributed by atoms with Gasteiger partial charge in [0.05, 0.1) is 18.5 Å². The monoisotopic (exact) mass is 577 g/mol. The maximum absolute atomic E-state index is 12.5. The summed E-state index contributed by atoms with van der Waals surface area (Å²) >= 11 is 6.52. The van der Waals surface area contributed by atoms with Crippen molar-refractivity contribution in [3.05, 3.63) is 0 Å². The van der Waals surface area contributed by atoms with Crippen LogP contribution >= 0.6 is 51.7 Å². The third kappa shape index (κ3) is 5.70. The summed E-state index contributed by atoms with van der Waals surface area (Å²) in [6, 6.07) is -0.574. The summed E-state index contributed by atoms with van der Waals surface area (Å²) in [4.78, 5) is 26.1. The van der Waals surface area contributed by atoms with Crippen molar-refractivity contribution in [1.29, 1.82) is 0 Å². The first kappa shape index (κ1) is 20.3. The molecule has 1 amide bonds. The number of nitrogens with zero attached hydrogens (tertiary/aromatic N) is 1. The summed E-state index contributed by atoms with van der Waals surface area (Å²) in [7, 11) is 3.81. The number of fused-ring (bicyclic) bond motifs is 1. The Morgan fingerprint density at radius 3 is 2.67 bits per heavy atom. The van der Waals surface area contributed by atoms with Gasteiger partial charge in [0.15, 0.2) is 0 Å². The summed E-state index contributed by atoms with van der Waals surface area (Å²) in [5.74, 6) is 0.708. The fourth-order valence-corrected chi connectivity index (χ4v) is 4.07. The molecule has 0 aliphatic carbocycles. The van der Waals surface area contributed by atoms with Crippen LogP contribution in [0.1, 0.15) is 25.7 Å². The van der Waals surface area contributed by atoms with Crippen LogP contribution in [0.5, 0.6) is 0 Å². The van der Waals surface area contributed by atoms with Gasteiger partial charge in [-0.3, -0.25) is 4.79 Å². The Morgan fingerprint density at radius 2 is 2.10 bits per heavy atom. The fourth-order valence-electron chi connectivity index (χ4n) is 2.68. The zero-order valence-corrected chi connectivity index (χ0v) is 18.6. The topological polar surface area (TPSA) is 58.6 Å². The molecule has 0 bridgehead atoms. The number of amides is 1. The van der Waals surface area contributed by atoms with E-state index >= 15 is 0 Å². The van der Waals surface area contributed by atoms with Crippen molar-refractivity contribution in [2.45, 2.75) is 43.1 Å². The van der Waals surface area contributed by atoms with Crippen molar-refractivity contribution in [2.24, 2.45) is 0 Å². The molecular formula is C12H20I2N2O3SV. The number of likely N-dealkylation sites (N-methyl/N-ethyl adjacent to an activating group) is 1. The molecule has 0 saturated carbocycles. The van der Waals surface area contributed by atoms with Gasteiger partial charge < -0.3 is 15.0 Å². The number of halogens is 2. The van der Waals surface area contributed by atoms with Crippen LogP contribution < -0.4 is 5.32 Å². The molecule has 9 heteroatoms. The summed E-state index contributed by atoms with van der Waals surface area (Å²) in [5, 5.41) is 3.18. The standard InChI is InChI=1S/C12H20N2O3S.2HI.V/c1-13-8-6-7-18-10-5-3-4-9(12(16)17-2)14(10)11(8)15;;;/h8-10,13H,3-7H2,1-2H3;2*1H;/q;;;+2/p-2/t8-,9?,10-;;;/m0.../s1. The van der Waals surface area contributed by atoms with Gasteiger partial charge in [-0.1, -0.05) is 0 Å². The van der Waals surface area contributed by atoms with Gasteiger partial charge in [0, 0.05) is 0 Å². The van der Waals surface area contributed by atoms with E-state index in [4.69, 9.17) is 4.74 Å². The number of rotatable bonds is 2. The molecule has 1 N–H and O–H groups in total. The molecule has 121 valence electrons. The first-order chi connectivity index (χ1) is 10.1. The first-order valence-corrected chi connectivity index (χ1v) is 16.8. The van der Waals surface area contributed by atoms with E-state index in [-0.39, 0.29) is 23.3 Å². The van der Waals surface area contributed by atoms with E-state index in [1.807, 2.05) is 0 Å². The molecule has 0 aromatic rings. The van der Waals surface area contributed by atoms with Crippen LogP contribution in [0.15, 0.2) is 0 Å². The molecule has 2 heterocycles. The van der Waals surface area contributed by atoms with Crippen LogP contribution in [0, 0.1) is 0 Å². The maximum atomic E-state index is 12.5. The second-order valence-electron chi connectivity index (χ2n) is 4.73. The Hall–Kier alpha value is 1.29. The number of carbonyl (C=O) groups excluding carboxylic acids is 2. The Bertz CT molecular complexity index is 365. The van der Waals surface area contributed by atoms with Gasteiger partial charge in [0.25, 0.3) is 0 Å². The van der Waals surface area contributed by atoms with E-state index in [1.54, 1.807) is 23.7 Å². The molecule has 2 rings (SSSR count). The molecule has 2 saturated heterocycles. The van der Waals surface area contributed by atoms with Crippen LogP contribution in [-0.4, -0.2) is 54.1 Å². The van der Waals surface area contributed by atoms with Crippen molar-refractivity contribution in [2.75, 3.05) is 19.9 Å². The van der Waals surface area contributed by atoms with Crippen LogP contribution in [0.4, 0.5) is 0 Å². The summed E-state index contributed by atoms with van der Waals surface area (Å²) in [5.41, 5.74) is 0. The average molecular weight is 577 g/mol. The van der Waals surface area contributed by atoms with Gasteiger partial charge in [-0.25, -0.2) is 4.79 Å². The molecule has 2 aliphatic rings. The Kier molecular flexibility index (Phi) is 10.6. The van der Waals surface area contributed by atoms with Crippen molar-refractivity contribution in [3.8, 4) is 0 Å². The number of hydrogen-bond acceptors (Lipinski definition) is 5. The van der Waals surface area contributed by atoms with E-state index in [0.29, 0.717) is 15.9 Å². The average Bonchev–Trinajstić information content (AvgIpc) is 2.66. The summed E-state index contributed by atoms with van der Waals surface area (Å²) < 4.78 is 4.83. The Balaban J connectivity index is 0.000000677. The molecule has 1 unspecified atom stereocenters. The van der Waals surface area contributed by atoms with Crippen LogP contribution in [-0.2, 0) is 23.8 Å². The second-order valence-corrected chi connectivity index (χ2v) is 17.8. The van der Waals surface area contributed by atoms with Gasteiger partial charge in [-0.15, -0.1) is 11.8 Å². The van der Waals surface area contributed by atoms with Crippen LogP contribution in [0.25, 0.3) is 0 Å².